The fourth-order valence-electron chi connectivity index (χ4n) is 3.96. The van der Waals surface area contributed by atoms with Crippen molar-refractivity contribution >= 4 is 32.7 Å². The molecule has 1 unspecified atom stereocenters. The molecule has 0 saturated carbocycles. The van der Waals surface area contributed by atoms with Crippen LogP contribution in [0.25, 0.3) is 10.9 Å². The van der Waals surface area contributed by atoms with Crippen LogP contribution in [0.5, 0.6) is 0 Å². The van der Waals surface area contributed by atoms with Gasteiger partial charge in [0.2, 0.25) is 5.91 Å². The van der Waals surface area contributed by atoms with Gasteiger partial charge in [-0.05, 0) is 55.7 Å². The van der Waals surface area contributed by atoms with Gasteiger partial charge in [-0.3, -0.25) is 14.5 Å². The Kier molecular flexibility index (Phi) is 6.06. The Morgan fingerprint density at radius 1 is 1.16 bits per heavy atom. The topological polar surface area (TPSA) is 103 Å². The molecule has 0 spiro atoms. The molecule has 2 heterocycles. The van der Waals surface area contributed by atoms with Gasteiger partial charge in [0, 0.05) is 28.7 Å². The SMILES string of the molecule is CCCCC(N=C1NS(=O)(=O)c2ccccc21)C(=O)NCc1ccc2[nH]c(C)c(C)c2c1. The Balaban J connectivity index is 1.54. The van der Waals surface area contributed by atoms with Gasteiger partial charge in [0.25, 0.3) is 10.0 Å². The number of nitrogens with zero attached hydrogens (tertiary/aromatic N) is 1. The van der Waals surface area contributed by atoms with E-state index in [9.17, 15) is 13.2 Å². The molecule has 4 rings (SSSR count). The van der Waals surface area contributed by atoms with E-state index >= 15 is 0 Å². The van der Waals surface area contributed by atoms with Crippen LogP contribution in [0.3, 0.4) is 0 Å². The number of carbonyl (C=O) groups excluding carboxylic acids is 1. The van der Waals surface area contributed by atoms with Crippen LogP contribution in [-0.4, -0.2) is 31.2 Å². The van der Waals surface area contributed by atoms with Crippen LogP contribution < -0.4 is 10.0 Å². The summed E-state index contributed by atoms with van der Waals surface area (Å²) in [5.41, 5.74) is 4.92. The minimum Gasteiger partial charge on any atom is -0.358 e. The Morgan fingerprint density at radius 2 is 1.94 bits per heavy atom. The van der Waals surface area contributed by atoms with Gasteiger partial charge in [0.1, 0.15) is 11.9 Å². The quantitative estimate of drug-likeness (QED) is 0.509. The maximum atomic E-state index is 13.0. The number of aliphatic imine (C=N–C) groups is 1. The van der Waals surface area contributed by atoms with E-state index in [1.807, 2.05) is 26.0 Å². The van der Waals surface area contributed by atoms with Crippen molar-refractivity contribution in [2.24, 2.45) is 4.99 Å². The van der Waals surface area contributed by atoms with Crippen molar-refractivity contribution in [3.8, 4) is 0 Å². The standard InChI is InChI=1S/C24H28N4O3S/c1-4-5-9-21(27-23-18-8-6-7-10-22(18)32(30,31)28-23)24(29)25-14-17-11-12-20-19(13-17)15(2)16(3)26-20/h6-8,10-13,21,26H,4-5,9,14H2,1-3H3,(H,25,29)(H,27,28). The van der Waals surface area contributed by atoms with Crippen molar-refractivity contribution in [3.63, 3.8) is 0 Å². The van der Waals surface area contributed by atoms with E-state index in [1.165, 1.54) is 5.56 Å². The second-order valence-electron chi connectivity index (χ2n) is 8.21. The molecule has 2 aromatic carbocycles. The lowest BCUT2D eigenvalue weighted by Gasteiger charge is -2.14. The molecule has 168 valence electrons. The largest absolute Gasteiger partial charge is 0.358 e. The van der Waals surface area contributed by atoms with E-state index in [-0.39, 0.29) is 16.6 Å². The average molecular weight is 453 g/mol. The number of aryl methyl sites for hydroxylation is 2. The number of nitrogens with one attached hydrogen (secondary N) is 3. The predicted molar refractivity (Wildman–Crippen MR) is 126 cm³/mol. The number of sulfonamides is 1. The van der Waals surface area contributed by atoms with Crippen molar-refractivity contribution in [2.75, 3.05) is 0 Å². The molecule has 1 aliphatic heterocycles. The number of H-pyrrole nitrogens is 1. The molecule has 1 atom stereocenters. The summed E-state index contributed by atoms with van der Waals surface area (Å²) in [5, 5.41) is 4.13. The first-order chi connectivity index (χ1) is 15.3. The molecule has 1 aliphatic rings. The molecule has 0 radical (unpaired) electrons. The zero-order chi connectivity index (χ0) is 22.9. The van der Waals surface area contributed by atoms with Crippen LogP contribution in [0.4, 0.5) is 0 Å². The smallest absolute Gasteiger partial charge is 0.263 e. The lowest BCUT2D eigenvalue weighted by atomic mass is 10.1. The number of amidine groups is 1. The highest BCUT2D eigenvalue weighted by atomic mass is 32.2. The molecule has 8 heteroatoms. The first kappa shape index (κ1) is 22.1. The van der Waals surface area contributed by atoms with Crippen molar-refractivity contribution in [2.45, 2.75) is 57.5 Å². The van der Waals surface area contributed by atoms with Gasteiger partial charge in [-0.15, -0.1) is 0 Å². The van der Waals surface area contributed by atoms with Crippen molar-refractivity contribution in [1.82, 2.24) is 15.0 Å². The third-order valence-corrected chi connectivity index (χ3v) is 7.32. The molecule has 3 N–H and O–H groups in total. The molecule has 0 bridgehead atoms. The van der Waals surface area contributed by atoms with Gasteiger partial charge < -0.3 is 10.3 Å². The summed E-state index contributed by atoms with van der Waals surface area (Å²) in [5.74, 6) is 0.0216. The van der Waals surface area contributed by atoms with E-state index in [2.05, 4.69) is 33.0 Å². The van der Waals surface area contributed by atoms with E-state index in [1.54, 1.807) is 24.3 Å². The molecular formula is C24H28N4O3S. The van der Waals surface area contributed by atoms with Crippen molar-refractivity contribution < 1.29 is 13.2 Å². The minimum absolute atomic E-state index is 0.193. The van der Waals surface area contributed by atoms with Gasteiger partial charge in [0.05, 0.1) is 4.90 Å². The van der Waals surface area contributed by atoms with Crippen LogP contribution in [0.1, 0.15) is 48.6 Å². The zero-order valence-corrected chi connectivity index (χ0v) is 19.3. The van der Waals surface area contributed by atoms with E-state index in [0.717, 1.165) is 35.0 Å². The molecule has 0 saturated heterocycles. The number of hydrogen-bond acceptors (Lipinski definition) is 4. The molecule has 0 aliphatic carbocycles. The third-order valence-electron chi connectivity index (χ3n) is 5.92. The highest BCUT2D eigenvalue weighted by Crippen LogP contribution is 2.24. The maximum absolute atomic E-state index is 13.0. The van der Waals surface area contributed by atoms with Gasteiger partial charge in [-0.25, -0.2) is 8.42 Å². The average Bonchev–Trinajstić information content (AvgIpc) is 3.21. The van der Waals surface area contributed by atoms with Gasteiger partial charge in [0.15, 0.2) is 0 Å². The maximum Gasteiger partial charge on any atom is 0.263 e. The number of fused-ring (bicyclic) bond motifs is 2. The van der Waals surface area contributed by atoms with Crippen LogP contribution in [-0.2, 0) is 21.4 Å². The summed E-state index contributed by atoms with van der Waals surface area (Å²) >= 11 is 0. The molecule has 3 aromatic rings. The van der Waals surface area contributed by atoms with Crippen molar-refractivity contribution in [1.29, 1.82) is 0 Å². The van der Waals surface area contributed by atoms with Crippen LogP contribution in [0.15, 0.2) is 52.4 Å². The Morgan fingerprint density at radius 3 is 2.72 bits per heavy atom. The van der Waals surface area contributed by atoms with E-state index in [4.69, 9.17) is 0 Å². The number of aromatic amines is 1. The molecule has 7 nitrogen and oxygen atoms in total. The molecule has 0 fully saturated rings. The normalized spacial score (nSPS) is 16.7. The summed E-state index contributed by atoms with van der Waals surface area (Å²) in [6.07, 6.45) is 2.28. The first-order valence-corrected chi connectivity index (χ1v) is 12.3. The number of benzene rings is 2. The summed E-state index contributed by atoms with van der Waals surface area (Å²) in [6, 6.07) is 12.1. The van der Waals surface area contributed by atoms with E-state index in [0.29, 0.717) is 18.5 Å². The van der Waals surface area contributed by atoms with Crippen molar-refractivity contribution in [3.05, 3.63) is 64.8 Å². The van der Waals surface area contributed by atoms with Gasteiger partial charge in [-0.1, -0.05) is 38.0 Å². The van der Waals surface area contributed by atoms with Gasteiger partial charge in [-0.2, -0.15) is 0 Å². The van der Waals surface area contributed by atoms with Crippen LogP contribution >= 0.6 is 0 Å². The monoisotopic (exact) mass is 452 g/mol. The van der Waals surface area contributed by atoms with Gasteiger partial charge >= 0.3 is 0 Å². The first-order valence-electron chi connectivity index (χ1n) is 10.9. The zero-order valence-electron chi connectivity index (χ0n) is 18.5. The number of carbonyl (C=O) groups is 1. The molecular weight excluding hydrogens is 424 g/mol. The summed E-state index contributed by atoms with van der Waals surface area (Å²) < 4.78 is 27.3. The second kappa shape index (κ2) is 8.78. The van der Waals surface area contributed by atoms with Crippen LogP contribution in [0.2, 0.25) is 0 Å². The fraction of sp³-hybridized carbons (Fsp3) is 0.333. The minimum atomic E-state index is -3.64. The number of rotatable bonds is 7. The highest BCUT2D eigenvalue weighted by Gasteiger charge is 2.31. The van der Waals surface area contributed by atoms with Crippen LogP contribution in [0, 0.1) is 13.8 Å². The number of hydrogen-bond donors (Lipinski definition) is 3. The predicted octanol–water partition coefficient (Wildman–Crippen LogP) is 3.70. The summed E-state index contributed by atoms with van der Waals surface area (Å²) in [6.45, 7) is 6.55. The molecule has 1 amide bonds. The number of amides is 1. The second-order valence-corrected chi connectivity index (χ2v) is 9.86. The Bertz CT molecular complexity index is 1310. The third kappa shape index (κ3) is 4.27. The summed E-state index contributed by atoms with van der Waals surface area (Å²) in [7, 11) is -3.64. The molecule has 32 heavy (non-hydrogen) atoms. The Labute approximate surface area is 188 Å². The Hall–Kier alpha value is -3.13. The fourth-order valence-corrected chi connectivity index (χ4v) is 5.20. The number of unbranched alkanes of at least 4 members (excludes halogenated alkanes) is 1. The lowest BCUT2D eigenvalue weighted by Crippen LogP contribution is -2.35. The number of aromatic nitrogens is 1. The highest BCUT2D eigenvalue weighted by molar-refractivity contribution is 7.90. The summed E-state index contributed by atoms with van der Waals surface area (Å²) in [4.78, 5) is 21.1. The lowest BCUT2D eigenvalue weighted by molar-refractivity contribution is -0.122. The molecule has 1 aromatic heterocycles. The van der Waals surface area contributed by atoms with E-state index < -0.39 is 16.1 Å².